The minimum Gasteiger partial charge on any atom is -0.491 e. The first kappa shape index (κ1) is 15.8. The number of hydrogen-bond acceptors (Lipinski definition) is 3. The summed E-state index contributed by atoms with van der Waals surface area (Å²) in [5, 5.41) is -0.312. The summed E-state index contributed by atoms with van der Waals surface area (Å²) in [6.07, 6.45) is 2.65. The Morgan fingerprint density at radius 1 is 1.20 bits per heavy atom. The van der Waals surface area contributed by atoms with Gasteiger partial charge in [-0.05, 0) is 44.4 Å². The van der Waals surface area contributed by atoms with Crippen LogP contribution in [0.25, 0.3) is 0 Å². The van der Waals surface area contributed by atoms with E-state index in [1.165, 1.54) is 0 Å². The van der Waals surface area contributed by atoms with Crippen molar-refractivity contribution in [2.75, 3.05) is 5.75 Å². The number of rotatable bonds is 4. The second-order valence-corrected chi connectivity index (χ2v) is 8.86. The van der Waals surface area contributed by atoms with Crippen molar-refractivity contribution in [3.05, 3.63) is 29.8 Å². The molecule has 5 heteroatoms. The molecule has 1 aliphatic rings. The summed E-state index contributed by atoms with van der Waals surface area (Å²) in [5.74, 6) is 1.13. The maximum absolute atomic E-state index is 12.2. The Hall–Kier alpha value is -0.550. The Bertz CT molecular complexity index is 537. The number of benzene rings is 1. The highest BCUT2D eigenvalue weighted by atomic mass is 79.9. The van der Waals surface area contributed by atoms with Gasteiger partial charge in [0.15, 0.2) is 9.84 Å². The number of sulfone groups is 1. The largest absolute Gasteiger partial charge is 0.491 e. The topological polar surface area (TPSA) is 43.4 Å². The van der Waals surface area contributed by atoms with Gasteiger partial charge in [0.05, 0.1) is 21.9 Å². The van der Waals surface area contributed by atoms with Gasteiger partial charge in [-0.15, -0.1) is 0 Å². The van der Waals surface area contributed by atoms with E-state index in [2.05, 4.69) is 15.9 Å². The Labute approximate surface area is 129 Å². The Morgan fingerprint density at radius 2 is 1.85 bits per heavy atom. The highest BCUT2D eigenvalue weighted by Gasteiger charge is 2.34. The van der Waals surface area contributed by atoms with Crippen molar-refractivity contribution >= 4 is 25.8 Å². The third kappa shape index (κ3) is 3.76. The molecule has 2 unspecified atom stereocenters. The van der Waals surface area contributed by atoms with E-state index in [0.717, 1.165) is 30.6 Å². The molecule has 1 saturated heterocycles. The van der Waals surface area contributed by atoms with Crippen molar-refractivity contribution in [3.8, 4) is 5.75 Å². The van der Waals surface area contributed by atoms with Crippen LogP contribution in [-0.2, 0) is 9.84 Å². The van der Waals surface area contributed by atoms with Crippen molar-refractivity contribution in [2.45, 2.75) is 49.3 Å². The van der Waals surface area contributed by atoms with Gasteiger partial charge in [-0.3, -0.25) is 0 Å². The van der Waals surface area contributed by atoms with Crippen molar-refractivity contribution in [3.63, 3.8) is 0 Å². The van der Waals surface area contributed by atoms with Gasteiger partial charge in [0.2, 0.25) is 0 Å². The van der Waals surface area contributed by atoms with Gasteiger partial charge in [0.1, 0.15) is 5.75 Å². The van der Waals surface area contributed by atoms with Crippen molar-refractivity contribution in [1.82, 2.24) is 0 Å². The van der Waals surface area contributed by atoms with Crippen LogP contribution < -0.4 is 4.74 Å². The molecule has 1 aromatic rings. The van der Waals surface area contributed by atoms with Crippen LogP contribution in [0.3, 0.4) is 0 Å². The zero-order valence-electron chi connectivity index (χ0n) is 11.9. The fraction of sp³-hybridized carbons (Fsp3) is 0.600. The Kier molecular flexibility index (Phi) is 5.13. The van der Waals surface area contributed by atoms with Crippen LogP contribution in [0.4, 0.5) is 0 Å². The summed E-state index contributed by atoms with van der Waals surface area (Å²) in [5.41, 5.74) is 0.997. The molecule has 0 bridgehead atoms. The smallest absolute Gasteiger partial charge is 0.154 e. The Balaban J connectivity index is 2.14. The van der Waals surface area contributed by atoms with Gasteiger partial charge in [0, 0.05) is 0 Å². The molecule has 0 aromatic heterocycles. The molecule has 0 saturated carbocycles. The zero-order valence-corrected chi connectivity index (χ0v) is 14.3. The summed E-state index contributed by atoms with van der Waals surface area (Å²) >= 11 is 3.58. The monoisotopic (exact) mass is 360 g/mol. The van der Waals surface area contributed by atoms with E-state index >= 15 is 0 Å². The molecule has 1 heterocycles. The fourth-order valence-electron chi connectivity index (χ4n) is 2.53. The molecule has 1 aliphatic heterocycles. The van der Waals surface area contributed by atoms with Crippen LogP contribution in [0.5, 0.6) is 5.75 Å². The maximum Gasteiger partial charge on any atom is 0.154 e. The van der Waals surface area contributed by atoms with Crippen LogP contribution in [0.1, 0.15) is 43.5 Å². The first-order valence-electron chi connectivity index (χ1n) is 7.02. The molecular weight excluding hydrogens is 340 g/mol. The van der Waals surface area contributed by atoms with E-state index in [0.29, 0.717) is 5.75 Å². The molecule has 0 radical (unpaired) electrons. The average Bonchev–Trinajstić information content (AvgIpc) is 2.37. The van der Waals surface area contributed by atoms with Crippen molar-refractivity contribution < 1.29 is 13.2 Å². The highest BCUT2D eigenvalue weighted by Crippen LogP contribution is 2.37. The fourth-order valence-corrected chi connectivity index (χ4v) is 6.04. The summed E-state index contributed by atoms with van der Waals surface area (Å²) in [6.45, 7) is 3.96. The number of halogens is 1. The lowest BCUT2D eigenvalue weighted by Crippen LogP contribution is -2.31. The molecule has 0 amide bonds. The molecule has 0 spiro atoms. The predicted molar refractivity (Wildman–Crippen MR) is 85.3 cm³/mol. The number of alkyl halides is 1. The zero-order chi connectivity index (χ0) is 14.8. The first-order chi connectivity index (χ1) is 9.40. The van der Waals surface area contributed by atoms with Gasteiger partial charge >= 0.3 is 0 Å². The van der Waals surface area contributed by atoms with Crippen LogP contribution in [0.2, 0.25) is 0 Å². The lowest BCUT2D eigenvalue weighted by molar-refractivity contribution is 0.242. The van der Waals surface area contributed by atoms with Crippen molar-refractivity contribution in [2.24, 2.45) is 0 Å². The summed E-state index contributed by atoms with van der Waals surface area (Å²) in [4.78, 5) is -0.138. The van der Waals surface area contributed by atoms with E-state index in [1.54, 1.807) is 0 Å². The lowest BCUT2D eigenvalue weighted by atomic mass is 10.1. The third-order valence-electron chi connectivity index (χ3n) is 3.53. The standard InChI is InChI=1S/C15H21BrO3S/c1-11(2)19-13-8-6-12(7-9-13)15(16)14-5-3-4-10-20(14,17)18/h6-9,11,14-15H,3-5,10H2,1-2H3. The van der Waals surface area contributed by atoms with E-state index in [1.807, 2.05) is 38.1 Å². The van der Waals surface area contributed by atoms with Gasteiger partial charge in [-0.2, -0.15) is 0 Å². The number of hydrogen-bond donors (Lipinski definition) is 0. The molecule has 0 aliphatic carbocycles. The van der Waals surface area contributed by atoms with Gasteiger partial charge < -0.3 is 4.74 Å². The SMILES string of the molecule is CC(C)Oc1ccc(C(Br)C2CCCCS2(=O)=O)cc1. The molecule has 1 aromatic carbocycles. The molecule has 0 N–H and O–H groups in total. The molecule has 3 nitrogen and oxygen atoms in total. The lowest BCUT2D eigenvalue weighted by Gasteiger charge is -2.26. The summed E-state index contributed by atoms with van der Waals surface area (Å²) in [7, 11) is -2.98. The minimum absolute atomic E-state index is 0.138. The second kappa shape index (κ2) is 6.48. The minimum atomic E-state index is -2.98. The average molecular weight is 361 g/mol. The van der Waals surface area contributed by atoms with E-state index in [4.69, 9.17) is 4.74 Å². The van der Waals surface area contributed by atoms with Gasteiger partial charge in [-0.25, -0.2) is 8.42 Å². The molecule has 112 valence electrons. The third-order valence-corrected chi connectivity index (χ3v) is 7.33. The van der Waals surface area contributed by atoms with E-state index in [-0.39, 0.29) is 16.2 Å². The normalized spacial score (nSPS) is 23.5. The van der Waals surface area contributed by atoms with Crippen molar-refractivity contribution in [1.29, 1.82) is 0 Å². The molecule has 20 heavy (non-hydrogen) atoms. The number of ether oxygens (including phenoxy) is 1. The summed E-state index contributed by atoms with van der Waals surface area (Å²) in [6, 6.07) is 7.70. The van der Waals surface area contributed by atoms with Gasteiger partial charge in [0.25, 0.3) is 0 Å². The molecule has 2 rings (SSSR count). The maximum atomic E-state index is 12.2. The van der Waals surface area contributed by atoms with Crippen LogP contribution in [0.15, 0.2) is 24.3 Å². The van der Waals surface area contributed by atoms with E-state index in [9.17, 15) is 8.42 Å². The quantitative estimate of drug-likeness (QED) is 0.765. The highest BCUT2D eigenvalue weighted by molar-refractivity contribution is 9.09. The molecular formula is C15H21BrO3S. The predicted octanol–water partition coefficient (Wildman–Crippen LogP) is 3.88. The molecule has 2 atom stereocenters. The van der Waals surface area contributed by atoms with Crippen LogP contribution in [0, 0.1) is 0 Å². The molecule has 1 fully saturated rings. The summed E-state index contributed by atoms with van der Waals surface area (Å²) < 4.78 is 29.9. The van der Waals surface area contributed by atoms with E-state index < -0.39 is 9.84 Å². The second-order valence-electron chi connectivity index (χ2n) is 5.54. The first-order valence-corrected chi connectivity index (χ1v) is 9.65. The Morgan fingerprint density at radius 3 is 2.40 bits per heavy atom. The van der Waals surface area contributed by atoms with Gasteiger partial charge in [-0.1, -0.05) is 34.5 Å². The van der Waals surface area contributed by atoms with Crippen LogP contribution >= 0.6 is 15.9 Å². The van der Waals surface area contributed by atoms with Crippen LogP contribution in [-0.4, -0.2) is 25.5 Å².